The summed E-state index contributed by atoms with van der Waals surface area (Å²) in [5.41, 5.74) is 0.778. The van der Waals surface area contributed by atoms with E-state index in [1.807, 2.05) is 53.3 Å². The van der Waals surface area contributed by atoms with Crippen molar-refractivity contribution in [1.82, 2.24) is 19.7 Å². The number of nitrogens with zero attached hydrogens (tertiary/aromatic N) is 4. The molecule has 1 aliphatic heterocycles. The molecule has 0 radical (unpaired) electrons. The van der Waals surface area contributed by atoms with Gasteiger partial charge in [0, 0.05) is 37.4 Å². The van der Waals surface area contributed by atoms with Crippen molar-refractivity contribution in [2.45, 2.75) is 38.3 Å². The highest BCUT2D eigenvalue weighted by molar-refractivity contribution is 5.94. The highest BCUT2D eigenvalue weighted by atomic mass is 16.5. The SMILES string of the molecule is O=C(Nc1ccc(Oc2cccnc2)cc1)[C@H]1CCCCN1CCCn1cccn1. The van der Waals surface area contributed by atoms with Crippen molar-refractivity contribution in [2.75, 3.05) is 18.4 Å². The Balaban J connectivity index is 1.30. The average molecular weight is 406 g/mol. The molecule has 30 heavy (non-hydrogen) atoms. The molecule has 3 aromatic rings. The van der Waals surface area contributed by atoms with Gasteiger partial charge in [-0.3, -0.25) is 19.4 Å². The molecular weight excluding hydrogens is 378 g/mol. The van der Waals surface area contributed by atoms with Crippen LogP contribution >= 0.6 is 0 Å². The summed E-state index contributed by atoms with van der Waals surface area (Å²) >= 11 is 0. The monoisotopic (exact) mass is 405 g/mol. The Morgan fingerprint density at radius 2 is 1.97 bits per heavy atom. The zero-order valence-corrected chi connectivity index (χ0v) is 17.0. The van der Waals surface area contributed by atoms with E-state index in [2.05, 4.69) is 20.3 Å². The average Bonchev–Trinajstić information content (AvgIpc) is 3.30. The van der Waals surface area contributed by atoms with Crippen LogP contribution in [0.25, 0.3) is 0 Å². The van der Waals surface area contributed by atoms with Crippen LogP contribution in [0.15, 0.2) is 67.3 Å². The Morgan fingerprint density at radius 1 is 1.07 bits per heavy atom. The summed E-state index contributed by atoms with van der Waals surface area (Å²) < 4.78 is 7.69. The van der Waals surface area contributed by atoms with Crippen LogP contribution in [0.3, 0.4) is 0 Å². The Morgan fingerprint density at radius 3 is 2.73 bits per heavy atom. The lowest BCUT2D eigenvalue weighted by Crippen LogP contribution is -2.47. The molecule has 0 spiro atoms. The van der Waals surface area contributed by atoms with Crippen LogP contribution in [0.1, 0.15) is 25.7 Å². The number of carbonyl (C=O) groups is 1. The number of hydrogen-bond acceptors (Lipinski definition) is 5. The summed E-state index contributed by atoms with van der Waals surface area (Å²) in [6, 6.07) is 13.0. The standard InChI is InChI=1S/C23H27N5O2/c29-23(22-7-1-2-14-27(22)15-5-17-28-16-4-13-25-28)26-19-8-10-20(11-9-19)30-21-6-3-12-24-18-21/h3-4,6,8-13,16,18,22H,1-2,5,7,14-15,17H2,(H,26,29)/t22-/m1/s1. The van der Waals surface area contributed by atoms with Gasteiger partial charge in [-0.2, -0.15) is 5.10 Å². The molecule has 156 valence electrons. The quantitative estimate of drug-likeness (QED) is 0.614. The Kier molecular flexibility index (Phi) is 6.72. The van der Waals surface area contributed by atoms with Crippen molar-refractivity contribution in [2.24, 2.45) is 0 Å². The van der Waals surface area contributed by atoms with Crippen LogP contribution in [-0.4, -0.2) is 44.7 Å². The minimum absolute atomic E-state index is 0.0646. The van der Waals surface area contributed by atoms with Gasteiger partial charge in [0.2, 0.25) is 5.91 Å². The van der Waals surface area contributed by atoms with Crippen molar-refractivity contribution >= 4 is 11.6 Å². The smallest absolute Gasteiger partial charge is 0.241 e. The Hall–Kier alpha value is -3.19. The number of benzene rings is 1. The second-order valence-corrected chi connectivity index (χ2v) is 7.47. The number of amides is 1. The predicted octanol–water partition coefficient (Wildman–Crippen LogP) is 3.95. The van der Waals surface area contributed by atoms with E-state index < -0.39 is 0 Å². The molecule has 1 aromatic carbocycles. The third-order valence-corrected chi connectivity index (χ3v) is 5.30. The van der Waals surface area contributed by atoms with Gasteiger partial charge in [-0.1, -0.05) is 6.42 Å². The second kappa shape index (κ2) is 10.0. The summed E-state index contributed by atoms with van der Waals surface area (Å²) in [7, 11) is 0. The first-order valence-corrected chi connectivity index (χ1v) is 10.5. The highest BCUT2D eigenvalue weighted by Gasteiger charge is 2.28. The van der Waals surface area contributed by atoms with E-state index in [9.17, 15) is 4.79 Å². The van der Waals surface area contributed by atoms with Gasteiger partial charge < -0.3 is 10.1 Å². The molecule has 3 heterocycles. The van der Waals surface area contributed by atoms with Crippen molar-refractivity contribution < 1.29 is 9.53 Å². The molecule has 0 unspecified atom stereocenters. The molecule has 1 aliphatic rings. The minimum atomic E-state index is -0.0808. The highest BCUT2D eigenvalue weighted by Crippen LogP contribution is 2.23. The van der Waals surface area contributed by atoms with Crippen LogP contribution in [0.5, 0.6) is 11.5 Å². The molecule has 0 saturated carbocycles. The number of anilines is 1. The van der Waals surface area contributed by atoms with Gasteiger partial charge in [0.15, 0.2) is 0 Å². The van der Waals surface area contributed by atoms with Gasteiger partial charge in [0.1, 0.15) is 11.5 Å². The zero-order chi connectivity index (χ0) is 20.6. The predicted molar refractivity (Wildman–Crippen MR) is 115 cm³/mol. The number of hydrogen-bond donors (Lipinski definition) is 1. The number of nitrogens with one attached hydrogen (secondary N) is 1. The Labute approximate surface area is 176 Å². The first kappa shape index (κ1) is 20.1. The molecule has 0 bridgehead atoms. The molecule has 1 amide bonds. The number of ether oxygens (including phenoxy) is 1. The normalized spacial score (nSPS) is 16.9. The van der Waals surface area contributed by atoms with Gasteiger partial charge in [-0.15, -0.1) is 0 Å². The van der Waals surface area contributed by atoms with Crippen LogP contribution in [0.4, 0.5) is 5.69 Å². The fraction of sp³-hybridized carbons (Fsp3) is 0.348. The maximum atomic E-state index is 12.9. The van der Waals surface area contributed by atoms with Gasteiger partial charge in [-0.05, 0) is 68.3 Å². The number of rotatable bonds is 8. The largest absolute Gasteiger partial charge is 0.456 e. The molecule has 4 rings (SSSR count). The molecule has 1 atom stereocenters. The van der Waals surface area contributed by atoms with Crippen molar-refractivity contribution in [1.29, 1.82) is 0 Å². The van der Waals surface area contributed by atoms with E-state index in [1.165, 1.54) is 0 Å². The third kappa shape index (κ3) is 5.45. The molecule has 7 heteroatoms. The van der Waals surface area contributed by atoms with E-state index in [1.54, 1.807) is 18.6 Å². The summed E-state index contributed by atoms with van der Waals surface area (Å²) in [6.07, 6.45) is 11.3. The maximum absolute atomic E-state index is 12.9. The first-order valence-electron chi connectivity index (χ1n) is 10.5. The molecule has 7 nitrogen and oxygen atoms in total. The number of piperidine rings is 1. The Bertz CT molecular complexity index is 913. The first-order chi connectivity index (χ1) is 14.8. The second-order valence-electron chi connectivity index (χ2n) is 7.47. The van der Waals surface area contributed by atoms with Gasteiger partial charge >= 0.3 is 0 Å². The molecule has 1 N–H and O–H groups in total. The number of pyridine rings is 1. The fourth-order valence-corrected chi connectivity index (χ4v) is 3.80. The maximum Gasteiger partial charge on any atom is 0.241 e. The van der Waals surface area contributed by atoms with E-state index in [0.29, 0.717) is 11.5 Å². The molecule has 1 fully saturated rings. The van der Waals surface area contributed by atoms with E-state index in [-0.39, 0.29) is 11.9 Å². The third-order valence-electron chi connectivity index (χ3n) is 5.30. The van der Waals surface area contributed by atoms with E-state index in [0.717, 1.165) is 51.0 Å². The van der Waals surface area contributed by atoms with Crippen LogP contribution in [0.2, 0.25) is 0 Å². The molecular formula is C23H27N5O2. The molecule has 0 aliphatic carbocycles. The van der Waals surface area contributed by atoms with E-state index in [4.69, 9.17) is 4.74 Å². The zero-order valence-electron chi connectivity index (χ0n) is 17.0. The number of carbonyl (C=O) groups excluding carboxylic acids is 1. The van der Waals surface area contributed by atoms with Crippen molar-refractivity contribution in [3.05, 3.63) is 67.3 Å². The lowest BCUT2D eigenvalue weighted by molar-refractivity contribution is -0.122. The van der Waals surface area contributed by atoms with Gasteiger partial charge in [0.25, 0.3) is 0 Å². The number of aromatic nitrogens is 3. The summed E-state index contributed by atoms with van der Waals surface area (Å²) in [4.78, 5) is 19.3. The molecule has 1 saturated heterocycles. The minimum Gasteiger partial charge on any atom is -0.456 e. The summed E-state index contributed by atoms with van der Waals surface area (Å²) in [5, 5.41) is 7.32. The topological polar surface area (TPSA) is 72.3 Å². The van der Waals surface area contributed by atoms with Gasteiger partial charge in [0.05, 0.1) is 12.2 Å². The van der Waals surface area contributed by atoms with Crippen LogP contribution in [0, 0.1) is 0 Å². The molecule has 2 aromatic heterocycles. The van der Waals surface area contributed by atoms with Gasteiger partial charge in [-0.25, -0.2) is 0 Å². The van der Waals surface area contributed by atoms with Crippen molar-refractivity contribution in [3.8, 4) is 11.5 Å². The fourth-order valence-electron chi connectivity index (χ4n) is 3.80. The van der Waals surface area contributed by atoms with Crippen molar-refractivity contribution in [3.63, 3.8) is 0 Å². The number of likely N-dealkylation sites (tertiary alicyclic amines) is 1. The number of aryl methyl sites for hydroxylation is 1. The van der Waals surface area contributed by atoms with E-state index >= 15 is 0 Å². The van der Waals surface area contributed by atoms with Crippen LogP contribution < -0.4 is 10.1 Å². The lowest BCUT2D eigenvalue weighted by Gasteiger charge is -2.34. The lowest BCUT2D eigenvalue weighted by atomic mass is 10.0. The summed E-state index contributed by atoms with van der Waals surface area (Å²) in [5.74, 6) is 1.45. The van der Waals surface area contributed by atoms with Crippen LogP contribution in [-0.2, 0) is 11.3 Å². The summed E-state index contributed by atoms with van der Waals surface area (Å²) in [6.45, 7) is 2.74.